The number of rotatable bonds is 8. The largest absolute Gasteiger partial charge is 0.382 e. The Kier molecular flexibility index (Phi) is 5.71. The Balaban J connectivity index is 1.20. The van der Waals surface area contributed by atoms with Gasteiger partial charge in [0.2, 0.25) is 0 Å². The highest BCUT2D eigenvalue weighted by atomic mass is 79.9. The lowest BCUT2D eigenvalue weighted by Crippen LogP contribution is -2.49. The van der Waals surface area contributed by atoms with Crippen LogP contribution in [0.15, 0.2) is 40.0 Å². The Morgan fingerprint density at radius 3 is 2.42 bits per heavy atom. The second-order valence-electron chi connectivity index (χ2n) is 10.0. The van der Waals surface area contributed by atoms with E-state index in [1.807, 2.05) is 12.1 Å². The van der Waals surface area contributed by atoms with Crippen molar-refractivity contribution < 1.29 is 4.79 Å². The van der Waals surface area contributed by atoms with Crippen LogP contribution < -0.4 is 10.9 Å². The van der Waals surface area contributed by atoms with E-state index < -0.39 is 0 Å². The van der Waals surface area contributed by atoms with Gasteiger partial charge in [-0.05, 0) is 102 Å². The quantitative estimate of drug-likeness (QED) is 0.606. The van der Waals surface area contributed by atoms with E-state index >= 15 is 0 Å². The van der Waals surface area contributed by atoms with E-state index in [0.717, 1.165) is 35.5 Å². The molecule has 0 aliphatic heterocycles. The molecule has 2 aromatic rings. The van der Waals surface area contributed by atoms with Crippen LogP contribution in [-0.2, 0) is 17.8 Å². The van der Waals surface area contributed by atoms with Gasteiger partial charge < -0.3 is 5.32 Å². The van der Waals surface area contributed by atoms with Crippen LogP contribution in [0.5, 0.6) is 0 Å². The minimum Gasteiger partial charge on any atom is -0.382 e. The van der Waals surface area contributed by atoms with Crippen molar-refractivity contribution in [2.24, 2.45) is 23.2 Å². The van der Waals surface area contributed by atoms with Crippen LogP contribution in [0.1, 0.15) is 50.5 Å². The average Bonchev–Trinajstić information content (AvgIpc) is 2.75. The molecule has 0 spiro atoms. The van der Waals surface area contributed by atoms with E-state index in [1.165, 1.54) is 43.2 Å². The van der Waals surface area contributed by atoms with Gasteiger partial charge in [-0.15, -0.1) is 0 Å². The summed E-state index contributed by atoms with van der Waals surface area (Å²) in [6.07, 6.45) is 14.4. The number of carbonyl (C=O) groups excluding carboxylic acids is 1. The molecular formula is C24H29BrN4O2. The molecule has 0 aromatic carbocycles. The first-order chi connectivity index (χ1) is 15.0. The lowest BCUT2D eigenvalue weighted by atomic mass is 9.49. The summed E-state index contributed by atoms with van der Waals surface area (Å²) in [6.45, 7) is 0.906. The number of hydrogen-bond donors (Lipinski definition) is 1. The lowest BCUT2D eigenvalue weighted by molar-refractivity contribution is -0.119. The SMILES string of the molecule is O=C(CCc1ccncc1)Cn1ncc(NCC23CC4CC(CC(C4)C2)C3)c(Br)c1=O. The van der Waals surface area contributed by atoms with Gasteiger partial charge in [-0.25, -0.2) is 4.68 Å². The van der Waals surface area contributed by atoms with E-state index in [-0.39, 0.29) is 17.9 Å². The number of Topliss-reactive ketones (excluding diaryl/α,β-unsaturated/α-hetero) is 1. The topological polar surface area (TPSA) is 76.9 Å². The molecule has 164 valence electrons. The van der Waals surface area contributed by atoms with Gasteiger partial charge in [0.05, 0.1) is 11.9 Å². The summed E-state index contributed by atoms with van der Waals surface area (Å²) in [5.41, 5.74) is 1.93. The number of ketones is 1. The molecule has 6 nitrogen and oxygen atoms in total. The van der Waals surface area contributed by atoms with E-state index in [2.05, 4.69) is 31.3 Å². The number of aromatic nitrogens is 3. The molecule has 0 unspecified atom stereocenters. The van der Waals surface area contributed by atoms with Gasteiger partial charge >= 0.3 is 0 Å². The second-order valence-corrected chi connectivity index (χ2v) is 10.8. The third-order valence-corrected chi connectivity index (χ3v) is 8.34. The van der Waals surface area contributed by atoms with Crippen molar-refractivity contribution >= 4 is 27.4 Å². The Hall–Kier alpha value is -2.02. The third-order valence-electron chi connectivity index (χ3n) is 7.57. The Morgan fingerprint density at radius 2 is 1.77 bits per heavy atom. The highest BCUT2D eigenvalue weighted by molar-refractivity contribution is 9.10. The Bertz CT molecular complexity index is 985. The summed E-state index contributed by atoms with van der Waals surface area (Å²) in [5, 5.41) is 7.80. The van der Waals surface area contributed by atoms with Crippen LogP contribution in [0.3, 0.4) is 0 Å². The van der Waals surface area contributed by atoms with E-state index in [0.29, 0.717) is 22.7 Å². The van der Waals surface area contributed by atoms with E-state index in [9.17, 15) is 9.59 Å². The maximum absolute atomic E-state index is 12.8. The van der Waals surface area contributed by atoms with Crippen LogP contribution in [0.4, 0.5) is 5.69 Å². The Labute approximate surface area is 191 Å². The maximum atomic E-state index is 12.8. The highest BCUT2D eigenvalue weighted by Gasteiger charge is 2.50. The van der Waals surface area contributed by atoms with Crippen molar-refractivity contribution in [3.05, 3.63) is 51.1 Å². The van der Waals surface area contributed by atoms with Gasteiger partial charge in [0.15, 0.2) is 5.78 Å². The van der Waals surface area contributed by atoms with Crippen molar-refractivity contribution in [2.75, 3.05) is 11.9 Å². The molecule has 4 bridgehead atoms. The van der Waals surface area contributed by atoms with Crippen LogP contribution in [0.2, 0.25) is 0 Å². The van der Waals surface area contributed by atoms with Gasteiger partial charge in [-0.1, -0.05) is 0 Å². The molecule has 1 N–H and O–H groups in total. The summed E-state index contributed by atoms with van der Waals surface area (Å²) < 4.78 is 1.73. The molecule has 6 rings (SSSR count). The molecule has 31 heavy (non-hydrogen) atoms. The fourth-order valence-corrected chi connectivity index (χ4v) is 7.02. The zero-order valence-corrected chi connectivity index (χ0v) is 19.3. The van der Waals surface area contributed by atoms with Crippen molar-refractivity contribution in [3.8, 4) is 0 Å². The number of nitrogens with zero attached hydrogens (tertiary/aromatic N) is 3. The second kappa shape index (κ2) is 8.49. The van der Waals surface area contributed by atoms with Gasteiger partial charge in [-0.3, -0.25) is 14.6 Å². The molecule has 0 amide bonds. The average molecular weight is 485 g/mol. The monoisotopic (exact) mass is 484 g/mol. The van der Waals surface area contributed by atoms with Crippen molar-refractivity contribution in [3.63, 3.8) is 0 Å². The molecule has 2 heterocycles. The maximum Gasteiger partial charge on any atom is 0.283 e. The van der Waals surface area contributed by atoms with Gasteiger partial charge in [0.25, 0.3) is 5.56 Å². The number of carbonyl (C=O) groups is 1. The minimum absolute atomic E-state index is 0.00221. The minimum atomic E-state index is -0.257. The normalized spacial score (nSPS) is 28.6. The van der Waals surface area contributed by atoms with Gasteiger partial charge in [0.1, 0.15) is 11.0 Å². The standard InChI is InChI=1S/C24H29BrN4O2/c25-22-21(27-15-24-10-17-7-18(11-24)9-19(8-17)12-24)13-28-29(23(22)31)14-20(30)2-1-16-3-5-26-6-4-16/h3-6,13,17-19,27H,1-2,7-12,14-15H2. The number of hydrogen-bond acceptors (Lipinski definition) is 5. The lowest BCUT2D eigenvalue weighted by Gasteiger charge is -2.57. The molecule has 4 fully saturated rings. The molecule has 4 saturated carbocycles. The first kappa shape index (κ1) is 20.9. The van der Waals surface area contributed by atoms with E-state index in [4.69, 9.17) is 0 Å². The predicted octanol–water partition coefficient (Wildman–Crippen LogP) is 4.23. The number of pyridine rings is 1. The number of nitrogens with one attached hydrogen (secondary N) is 1. The van der Waals surface area contributed by atoms with Crippen molar-refractivity contribution in [2.45, 2.75) is 57.9 Å². The van der Waals surface area contributed by atoms with Crippen LogP contribution in [0.25, 0.3) is 0 Å². The number of anilines is 1. The molecular weight excluding hydrogens is 456 g/mol. The molecule has 4 aliphatic carbocycles. The van der Waals surface area contributed by atoms with Gasteiger partial charge in [-0.2, -0.15) is 5.10 Å². The first-order valence-corrected chi connectivity index (χ1v) is 12.2. The van der Waals surface area contributed by atoms with Crippen LogP contribution >= 0.6 is 15.9 Å². The number of aryl methyl sites for hydroxylation is 1. The molecule has 0 radical (unpaired) electrons. The molecule has 4 aliphatic rings. The van der Waals surface area contributed by atoms with Crippen LogP contribution in [-0.4, -0.2) is 27.1 Å². The number of halogens is 1. The van der Waals surface area contributed by atoms with Crippen molar-refractivity contribution in [1.29, 1.82) is 0 Å². The smallest absolute Gasteiger partial charge is 0.283 e. The Morgan fingerprint density at radius 1 is 1.13 bits per heavy atom. The van der Waals surface area contributed by atoms with Crippen molar-refractivity contribution in [1.82, 2.24) is 14.8 Å². The molecule has 2 aromatic heterocycles. The highest BCUT2D eigenvalue weighted by Crippen LogP contribution is 2.59. The van der Waals surface area contributed by atoms with Gasteiger partial charge in [0, 0.05) is 25.4 Å². The van der Waals surface area contributed by atoms with E-state index in [1.54, 1.807) is 18.6 Å². The summed E-state index contributed by atoms with van der Waals surface area (Å²) in [6, 6.07) is 3.80. The first-order valence-electron chi connectivity index (χ1n) is 11.4. The summed E-state index contributed by atoms with van der Waals surface area (Å²) >= 11 is 3.45. The molecule has 0 saturated heterocycles. The zero-order valence-electron chi connectivity index (χ0n) is 17.7. The third kappa shape index (κ3) is 4.47. The molecule has 7 heteroatoms. The fraction of sp³-hybridized carbons (Fsp3) is 0.583. The summed E-state index contributed by atoms with van der Waals surface area (Å²) in [5.74, 6) is 2.70. The molecule has 0 atom stereocenters. The summed E-state index contributed by atoms with van der Waals surface area (Å²) in [7, 11) is 0. The predicted molar refractivity (Wildman–Crippen MR) is 123 cm³/mol. The summed E-state index contributed by atoms with van der Waals surface area (Å²) in [4.78, 5) is 29.1. The zero-order chi connectivity index (χ0) is 21.4. The van der Waals surface area contributed by atoms with Crippen LogP contribution in [0, 0.1) is 23.2 Å². The fourth-order valence-electron chi connectivity index (χ4n) is 6.57.